The number of carbonyl (C=O) groups excluding carboxylic acids is 1. The molecule has 1 aromatic rings. The zero-order valence-corrected chi connectivity index (χ0v) is 13.7. The van der Waals surface area contributed by atoms with Crippen molar-refractivity contribution in [1.29, 1.82) is 0 Å². The summed E-state index contributed by atoms with van der Waals surface area (Å²) in [5.74, 6) is -1.12. The third-order valence-corrected chi connectivity index (χ3v) is 5.23. The third-order valence-electron chi connectivity index (χ3n) is 3.24. The molecule has 0 bridgehead atoms. The van der Waals surface area contributed by atoms with Gasteiger partial charge in [-0.1, -0.05) is 24.9 Å². The van der Waals surface area contributed by atoms with Gasteiger partial charge in [0.15, 0.2) is 0 Å². The molecule has 0 unspecified atom stereocenters. The van der Waals surface area contributed by atoms with Crippen molar-refractivity contribution in [3.63, 3.8) is 0 Å². The fourth-order valence-corrected chi connectivity index (χ4v) is 3.71. The number of hydrogen-bond donors (Lipinski definition) is 2. The van der Waals surface area contributed by atoms with E-state index in [2.05, 4.69) is 10.0 Å². The number of hydrogen-bond acceptors (Lipinski definition) is 3. The van der Waals surface area contributed by atoms with Crippen molar-refractivity contribution < 1.29 is 17.6 Å². The lowest BCUT2D eigenvalue weighted by atomic mass is 10.2. The van der Waals surface area contributed by atoms with Gasteiger partial charge in [0, 0.05) is 12.5 Å². The molecule has 2 rings (SSSR count). The summed E-state index contributed by atoms with van der Waals surface area (Å²) < 4.78 is 40.7. The zero-order valence-electron chi connectivity index (χ0n) is 12.2. The molecule has 1 aromatic carbocycles. The Morgan fingerprint density at radius 3 is 2.68 bits per heavy atom. The molecule has 1 fully saturated rings. The molecule has 0 radical (unpaired) electrons. The van der Waals surface area contributed by atoms with Crippen LogP contribution in [0, 0.1) is 5.82 Å². The Morgan fingerprint density at radius 2 is 2.09 bits per heavy atom. The van der Waals surface area contributed by atoms with Gasteiger partial charge in [-0.15, -0.1) is 0 Å². The number of benzene rings is 1. The van der Waals surface area contributed by atoms with Gasteiger partial charge in [0.1, 0.15) is 10.7 Å². The van der Waals surface area contributed by atoms with Crippen LogP contribution < -0.4 is 10.0 Å². The van der Waals surface area contributed by atoms with Crippen LogP contribution in [0.15, 0.2) is 17.0 Å². The Morgan fingerprint density at radius 1 is 1.41 bits per heavy atom. The minimum atomic E-state index is -3.82. The normalized spacial score (nSPS) is 14.9. The average Bonchev–Trinajstić information content (AvgIpc) is 3.22. The Kier molecular flexibility index (Phi) is 5.41. The molecule has 8 heteroatoms. The summed E-state index contributed by atoms with van der Waals surface area (Å²) in [6, 6.07) is 1.87. The fraction of sp³-hybridized carbons (Fsp3) is 0.500. The van der Waals surface area contributed by atoms with Gasteiger partial charge in [-0.25, -0.2) is 17.5 Å². The minimum Gasteiger partial charge on any atom is -0.324 e. The van der Waals surface area contributed by atoms with Gasteiger partial charge in [-0.05, 0) is 31.4 Å². The highest BCUT2D eigenvalue weighted by Gasteiger charge is 2.30. The number of unbranched alkanes of at least 4 members (excludes halogenated alkanes) is 1. The van der Waals surface area contributed by atoms with E-state index in [1.165, 1.54) is 0 Å². The van der Waals surface area contributed by atoms with Crippen molar-refractivity contribution in [3.05, 3.63) is 23.0 Å². The van der Waals surface area contributed by atoms with Gasteiger partial charge >= 0.3 is 0 Å². The highest BCUT2D eigenvalue weighted by molar-refractivity contribution is 7.89. The molecule has 1 aliphatic carbocycles. The van der Waals surface area contributed by atoms with E-state index in [0.717, 1.165) is 31.4 Å². The van der Waals surface area contributed by atoms with Crippen LogP contribution in [-0.2, 0) is 14.8 Å². The minimum absolute atomic E-state index is 0.0892. The largest absolute Gasteiger partial charge is 0.324 e. The van der Waals surface area contributed by atoms with Crippen molar-refractivity contribution in [2.24, 2.45) is 0 Å². The van der Waals surface area contributed by atoms with Crippen LogP contribution in [-0.4, -0.2) is 20.4 Å². The molecule has 1 amide bonds. The fourth-order valence-electron chi connectivity index (χ4n) is 1.86. The molecular weight excluding hydrogens is 331 g/mol. The number of rotatable bonds is 7. The second-order valence-electron chi connectivity index (χ2n) is 5.31. The average molecular weight is 349 g/mol. The number of nitrogens with one attached hydrogen (secondary N) is 2. The second kappa shape index (κ2) is 6.93. The molecule has 122 valence electrons. The predicted molar refractivity (Wildman–Crippen MR) is 82.9 cm³/mol. The summed E-state index contributed by atoms with van der Waals surface area (Å²) in [6.07, 6.45) is 3.31. The number of halogens is 2. The van der Waals surface area contributed by atoms with E-state index in [4.69, 9.17) is 11.6 Å². The van der Waals surface area contributed by atoms with Gasteiger partial charge in [-0.2, -0.15) is 0 Å². The maximum Gasteiger partial charge on any atom is 0.242 e. The SMILES string of the molecule is CCCCC(=O)Nc1cc(S(=O)(=O)NC2CC2)c(Cl)cc1F. The van der Waals surface area contributed by atoms with E-state index in [1.807, 2.05) is 6.92 Å². The van der Waals surface area contributed by atoms with Crippen LogP contribution in [0.2, 0.25) is 5.02 Å². The lowest BCUT2D eigenvalue weighted by Crippen LogP contribution is -2.26. The maximum absolute atomic E-state index is 13.9. The summed E-state index contributed by atoms with van der Waals surface area (Å²) in [5.41, 5.74) is -0.179. The smallest absolute Gasteiger partial charge is 0.242 e. The molecular formula is C14H18ClFN2O3S. The van der Waals surface area contributed by atoms with E-state index in [1.54, 1.807) is 0 Å². The van der Waals surface area contributed by atoms with Crippen LogP contribution in [0.3, 0.4) is 0 Å². The highest BCUT2D eigenvalue weighted by atomic mass is 35.5. The topological polar surface area (TPSA) is 75.3 Å². The first kappa shape index (κ1) is 17.2. The van der Waals surface area contributed by atoms with Crippen LogP contribution in [0.5, 0.6) is 0 Å². The van der Waals surface area contributed by atoms with Crippen molar-refractivity contribution in [2.45, 2.75) is 50.0 Å². The van der Waals surface area contributed by atoms with Crippen LogP contribution >= 0.6 is 11.6 Å². The molecule has 2 N–H and O–H groups in total. The molecule has 5 nitrogen and oxygen atoms in total. The summed E-state index contributed by atoms with van der Waals surface area (Å²) in [7, 11) is -3.82. The second-order valence-corrected chi connectivity index (χ2v) is 7.40. The Balaban J connectivity index is 2.24. The molecule has 0 spiro atoms. The molecule has 0 aliphatic heterocycles. The first-order valence-electron chi connectivity index (χ1n) is 7.14. The van der Waals surface area contributed by atoms with E-state index in [9.17, 15) is 17.6 Å². The van der Waals surface area contributed by atoms with Gasteiger partial charge < -0.3 is 5.32 Å². The number of sulfonamides is 1. The lowest BCUT2D eigenvalue weighted by Gasteiger charge is -2.11. The molecule has 0 aromatic heterocycles. The number of amides is 1. The Labute approximate surface area is 134 Å². The molecule has 0 heterocycles. The zero-order chi connectivity index (χ0) is 16.3. The van der Waals surface area contributed by atoms with E-state index < -0.39 is 15.8 Å². The highest BCUT2D eigenvalue weighted by Crippen LogP contribution is 2.30. The summed E-state index contributed by atoms with van der Waals surface area (Å²) in [5, 5.41) is 2.18. The van der Waals surface area contributed by atoms with Crippen molar-refractivity contribution in [3.8, 4) is 0 Å². The first-order valence-corrected chi connectivity index (χ1v) is 9.01. The molecule has 22 heavy (non-hydrogen) atoms. The standard InChI is InChI=1S/C14H18ClFN2O3S/c1-2-3-4-14(19)17-12-8-13(10(15)7-11(12)16)22(20,21)18-9-5-6-9/h7-9,18H,2-6H2,1H3,(H,17,19). The third kappa shape index (κ3) is 4.41. The number of carbonyl (C=O) groups is 1. The monoisotopic (exact) mass is 348 g/mol. The summed E-state index contributed by atoms with van der Waals surface area (Å²) >= 11 is 5.84. The van der Waals surface area contributed by atoms with Crippen LogP contribution in [0.4, 0.5) is 10.1 Å². The quantitative estimate of drug-likeness (QED) is 0.795. The van der Waals surface area contributed by atoms with E-state index >= 15 is 0 Å². The van der Waals surface area contributed by atoms with Gasteiger partial charge in [0.25, 0.3) is 0 Å². The Bertz CT molecular complexity index is 675. The number of anilines is 1. The van der Waals surface area contributed by atoms with Crippen molar-refractivity contribution >= 4 is 33.2 Å². The van der Waals surface area contributed by atoms with E-state index in [-0.39, 0.29) is 34.0 Å². The molecule has 1 aliphatic rings. The summed E-state index contributed by atoms with van der Waals surface area (Å²) in [6.45, 7) is 1.93. The Hall–Kier alpha value is -1.18. The van der Waals surface area contributed by atoms with Crippen LogP contribution in [0.1, 0.15) is 39.0 Å². The van der Waals surface area contributed by atoms with Crippen molar-refractivity contribution in [2.75, 3.05) is 5.32 Å². The van der Waals surface area contributed by atoms with Gasteiger partial charge in [0.2, 0.25) is 15.9 Å². The molecule has 0 atom stereocenters. The summed E-state index contributed by atoms with van der Waals surface area (Å²) in [4.78, 5) is 11.5. The molecule has 0 saturated heterocycles. The van der Waals surface area contributed by atoms with Crippen molar-refractivity contribution in [1.82, 2.24) is 4.72 Å². The van der Waals surface area contributed by atoms with Gasteiger partial charge in [-0.3, -0.25) is 4.79 Å². The predicted octanol–water partition coefficient (Wildman–Crippen LogP) is 3.05. The molecule has 1 saturated carbocycles. The lowest BCUT2D eigenvalue weighted by molar-refractivity contribution is -0.116. The van der Waals surface area contributed by atoms with Crippen LogP contribution in [0.25, 0.3) is 0 Å². The van der Waals surface area contributed by atoms with Gasteiger partial charge in [0.05, 0.1) is 10.7 Å². The first-order chi connectivity index (χ1) is 10.3. The van der Waals surface area contributed by atoms with E-state index in [0.29, 0.717) is 6.42 Å². The maximum atomic E-state index is 13.9.